The van der Waals surface area contributed by atoms with Crippen LogP contribution in [-0.4, -0.2) is 16.4 Å². The van der Waals surface area contributed by atoms with Crippen LogP contribution in [0.25, 0.3) is 0 Å². The summed E-state index contributed by atoms with van der Waals surface area (Å²) >= 11 is 5.81. The number of halogens is 2. The molecule has 1 N–H and O–H groups in total. The highest BCUT2D eigenvalue weighted by Gasteiger charge is 2.26. The van der Waals surface area contributed by atoms with Crippen molar-refractivity contribution in [3.05, 3.63) is 24.1 Å². The lowest BCUT2D eigenvalue weighted by atomic mass is 9.92. The quantitative estimate of drug-likeness (QED) is 0.742. The molecule has 1 aromatic heterocycles. The summed E-state index contributed by atoms with van der Waals surface area (Å²) in [7, 11) is 0. The van der Waals surface area contributed by atoms with Gasteiger partial charge < -0.3 is 5.32 Å². The highest BCUT2D eigenvalue weighted by Crippen LogP contribution is 2.27. The van der Waals surface area contributed by atoms with Gasteiger partial charge in [-0.2, -0.15) is 0 Å². The number of hydrogen-bond donors (Lipinski definition) is 1. The van der Waals surface area contributed by atoms with E-state index in [0.717, 1.165) is 18.7 Å². The van der Waals surface area contributed by atoms with Crippen molar-refractivity contribution >= 4 is 17.4 Å². The van der Waals surface area contributed by atoms with Gasteiger partial charge in [-0.05, 0) is 25.0 Å². The van der Waals surface area contributed by atoms with E-state index in [1.807, 2.05) is 0 Å². The summed E-state index contributed by atoms with van der Waals surface area (Å²) < 4.78 is 12.5. The predicted octanol–water partition coefficient (Wildman–Crippen LogP) is 2.40. The molecule has 0 aromatic carbocycles. The Hall–Kier alpha value is -0.830. The molecule has 0 radical (unpaired) electrons. The molecule has 1 aliphatic carbocycles. The predicted molar refractivity (Wildman–Crippen MR) is 50.5 cm³/mol. The Balaban J connectivity index is 1.91. The Labute approximate surface area is 81.1 Å². The highest BCUT2D eigenvalue weighted by molar-refractivity contribution is 6.21. The summed E-state index contributed by atoms with van der Waals surface area (Å²) in [5, 5.41) is 3.46. The molecule has 0 amide bonds. The largest absolute Gasteiger partial charge is 0.367 e. The molecule has 13 heavy (non-hydrogen) atoms. The maximum Gasteiger partial charge on any atom is 0.141 e. The fraction of sp³-hybridized carbons (Fsp3) is 0.444. The first-order chi connectivity index (χ1) is 6.24. The zero-order valence-corrected chi connectivity index (χ0v) is 7.76. The van der Waals surface area contributed by atoms with Gasteiger partial charge in [0.05, 0.1) is 6.20 Å². The number of alkyl halides is 1. The normalized spacial score (nSPS) is 26.6. The summed E-state index contributed by atoms with van der Waals surface area (Å²) in [5.41, 5.74) is 0. The lowest BCUT2D eigenvalue weighted by molar-refractivity contribution is 0.453. The lowest BCUT2D eigenvalue weighted by Gasteiger charge is -2.31. The molecule has 0 unspecified atom stereocenters. The molecule has 0 spiro atoms. The number of nitrogens with zero attached hydrogens (tertiary/aromatic N) is 1. The van der Waals surface area contributed by atoms with Crippen LogP contribution in [0.3, 0.4) is 0 Å². The van der Waals surface area contributed by atoms with E-state index in [1.54, 1.807) is 6.07 Å². The van der Waals surface area contributed by atoms with Gasteiger partial charge in [0.25, 0.3) is 0 Å². The molecule has 0 aliphatic heterocycles. The SMILES string of the molecule is Fc1ccc(NC2CC(Cl)C2)nc1. The molecular formula is C9H10ClFN2. The molecule has 1 aromatic rings. The highest BCUT2D eigenvalue weighted by atomic mass is 35.5. The molecule has 4 heteroatoms. The Morgan fingerprint density at radius 2 is 2.23 bits per heavy atom. The lowest BCUT2D eigenvalue weighted by Crippen LogP contribution is -2.36. The first-order valence-corrected chi connectivity index (χ1v) is 4.70. The number of aromatic nitrogens is 1. The van der Waals surface area contributed by atoms with Crippen LogP contribution >= 0.6 is 11.6 Å². The minimum atomic E-state index is -0.311. The fourth-order valence-corrected chi connectivity index (χ4v) is 1.77. The zero-order chi connectivity index (χ0) is 9.26. The number of rotatable bonds is 2. The van der Waals surface area contributed by atoms with Gasteiger partial charge >= 0.3 is 0 Å². The van der Waals surface area contributed by atoms with E-state index >= 15 is 0 Å². The Bertz CT molecular complexity index is 282. The van der Waals surface area contributed by atoms with Crippen molar-refractivity contribution in [3.63, 3.8) is 0 Å². The smallest absolute Gasteiger partial charge is 0.141 e. The summed E-state index contributed by atoms with van der Waals surface area (Å²) in [4.78, 5) is 3.90. The number of nitrogens with one attached hydrogen (secondary N) is 1. The molecule has 1 aliphatic rings. The van der Waals surface area contributed by atoms with Gasteiger partial charge in [0.15, 0.2) is 0 Å². The van der Waals surface area contributed by atoms with E-state index in [-0.39, 0.29) is 11.2 Å². The summed E-state index contributed by atoms with van der Waals surface area (Å²) in [6, 6.07) is 3.43. The van der Waals surface area contributed by atoms with Crippen LogP contribution in [0.1, 0.15) is 12.8 Å². The molecule has 1 saturated carbocycles. The molecule has 70 valence electrons. The van der Waals surface area contributed by atoms with E-state index in [2.05, 4.69) is 10.3 Å². The second kappa shape index (κ2) is 3.50. The molecule has 0 atom stereocenters. The van der Waals surface area contributed by atoms with E-state index < -0.39 is 0 Å². The van der Waals surface area contributed by atoms with Gasteiger partial charge in [-0.1, -0.05) is 0 Å². The first kappa shape index (κ1) is 8.75. The monoisotopic (exact) mass is 200 g/mol. The van der Waals surface area contributed by atoms with Gasteiger partial charge in [-0.25, -0.2) is 9.37 Å². The summed E-state index contributed by atoms with van der Waals surface area (Å²) in [5.74, 6) is 0.407. The fourth-order valence-electron chi connectivity index (χ4n) is 1.34. The van der Waals surface area contributed by atoms with Crippen LogP contribution in [-0.2, 0) is 0 Å². The van der Waals surface area contributed by atoms with E-state index in [0.29, 0.717) is 6.04 Å². The van der Waals surface area contributed by atoms with Gasteiger partial charge in [0.1, 0.15) is 11.6 Å². The van der Waals surface area contributed by atoms with Gasteiger partial charge in [-0.15, -0.1) is 11.6 Å². The van der Waals surface area contributed by atoms with Crippen molar-refractivity contribution in [2.45, 2.75) is 24.3 Å². The average molecular weight is 201 g/mol. The van der Waals surface area contributed by atoms with Gasteiger partial charge in [0.2, 0.25) is 0 Å². The van der Waals surface area contributed by atoms with Crippen LogP contribution in [0.15, 0.2) is 18.3 Å². The van der Waals surface area contributed by atoms with Crippen molar-refractivity contribution in [3.8, 4) is 0 Å². The first-order valence-electron chi connectivity index (χ1n) is 4.26. The van der Waals surface area contributed by atoms with E-state index in [4.69, 9.17) is 11.6 Å². The van der Waals surface area contributed by atoms with Gasteiger partial charge in [-0.3, -0.25) is 0 Å². The third-order valence-corrected chi connectivity index (χ3v) is 2.52. The maximum absolute atomic E-state index is 12.5. The third kappa shape index (κ3) is 2.10. The van der Waals surface area contributed by atoms with E-state index in [1.165, 1.54) is 12.3 Å². The molecule has 0 saturated heterocycles. The molecule has 0 bridgehead atoms. The Morgan fingerprint density at radius 1 is 1.46 bits per heavy atom. The van der Waals surface area contributed by atoms with Crippen LogP contribution in [0.2, 0.25) is 0 Å². The van der Waals surface area contributed by atoms with Crippen LogP contribution in [0, 0.1) is 5.82 Å². The van der Waals surface area contributed by atoms with Crippen LogP contribution in [0.5, 0.6) is 0 Å². The zero-order valence-electron chi connectivity index (χ0n) is 7.00. The third-order valence-electron chi connectivity index (χ3n) is 2.16. The topological polar surface area (TPSA) is 24.9 Å². The molecular weight excluding hydrogens is 191 g/mol. The average Bonchev–Trinajstić information content (AvgIpc) is 2.06. The van der Waals surface area contributed by atoms with Crippen molar-refractivity contribution in [2.24, 2.45) is 0 Å². The summed E-state index contributed by atoms with van der Waals surface area (Å²) in [6.07, 6.45) is 3.13. The van der Waals surface area contributed by atoms with Crippen molar-refractivity contribution < 1.29 is 4.39 Å². The number of hydrogen-bond acceptors (Lipinski definition) is 2. The minimum Gasteiger partial charge on any atom is -0.367 e. The molecule has 2 nitrogen and oxygen atoms in total. The molecule has 2 rings (SSSR count). The minimum absolute atomic E-state index is 0.290. The second-order valence-corrected chi connectivity index (χ2v) is 3.89. The van der Waals surface area contributed by atoms with Crippen molar-refractivity contribution in [1.29, 1.82) is 0 Å². The molecule has 1 heterocycles. The van der Waals surface area contributed by atoms with Crippen molar-refractivity contribution in [1.82, 2.24) is 4.98 Å². The standard InChI is InChI=1S/C9H10ClFN2/c10-6-3-8(4-6)13-9-2-1-7(11)5-12-9/h1-2,5-6,8H,3-4H2,(H,12,13). The van der Waals surface area contributed by atoms with Crippen LogP contribution < -0.4 is 5.32 Å². The number of anilines is 1. The van der Waals surface area contributed by atoms with Gasteiger partial charge in [0, 0.05) is 11.4 Å². The number of pyridine rings is 1. The second-order valence-electron chi connectivity index (χ2n) is 3.27. The molecule has 1 fully saturated rings. The summed E-state index contributed by atoms with van der Waals surface area (Å²) in [6.45, 7) is 0. The van der Waals surface area contributed by atoms with E-state index in [9.17, 15) is 4.39 Å². The Morgan fingerprint density at radius 3 is 2.77 bits per heavy atom. The maximum atomic E-state index is 12.5. The Kier molecular flexibility index (Phi) is 2.36. The van der Waals surface area contributed by atoms with Crippen LogP contribution in [0.4, 0.5) is 10.2 Å². The van der Waals surface area contributed by atoms with Crippen molar-refractivity contribution in [2.75, 3.05) is 5.32 Å².